The van der Waals surface area contributed by atoms with E-state index in [1.165, 1.54) is 26.6 Å². The van der Waals surface area contributed by atoms with Crippen molar-refractivity contribution in [3.05, 3.63) is 51.0 Å². The minimum atomic E-state index is 0.965. The summed E-state index contributed by atoms with van der Waals surface area (Å²) >= 11 is 1.83. The molecule has 16 heavy (non-hydrogen) atoms. The van der Waals surface area contributed by atoms with Crippen LogP contribution in [0.3, 0.4) is 0 Å². The molecule has 0 saturated carbocycles. The lowest BCUT2D eigenvalue weighted by Gasteiger charge is -2.02. The monoisotopic (exact) mass is 231 g/mol. The minimum Gasteiger partial charge on any atom is -0.249 e. The van der Waals surface area contributed by atoms with Crippen LogP contribution >= 0.6 is 11.3 Å². The second kappa shape index (κ2) is 4.79. The van der Waals surface area contributed by atoms with E-state index < -0.39 is 0 Å². The van der Waals surface area contributed by atoms with Crippen LogP contribution in [0.25, 0.3) is 0 Å². The van der Waals surface area contributed by atoms with Crippen molar-refractivity contribution in [2.75, 3.05) is 0 Å². The van der Waals surface area contributed by atoms with Crippen LogP contribution < -0.4 is 0 Å². The highest BCUT2D eigenvalue weighted by atomic mass is 32.1. The fourth-order valence-electron chi connectivity index (χ4n) is 1.94. The molecule has 2 heteroatoms. The molecule has 0 bridgehead atoms. The summed E-state index contributed by atoms with van der Waals surface area (Å²) in [7, 11) is 0. The van der Waals surface area contributed by atoms with Gasteiger partial charge in [-0.1, -0.05) is 36.2 Å². The van der Waals surface area contributed by atoms with Gasteiger partial charge in [0.1, 0.15) is 0 Å². The van der Waals surface area contributed by atoms with Gasteiger partial charge >= 0.3 is 0 Å². The van der Waals surface area contributed by atoms with Gasteiger partial charge in [-0.15, -0.1) is 11.3 Å². The van der Waals surface area contributed by atoms with Crippen molar-refractivity contribution in [3.8, 4) is 0 Å². The zero-order valence-corrected chi connectivity index (χ0v) is 10.9. The molecule has 0 radical (unpaired) electrons. The first-order chi connectivity index (χ1) is 7.67. The summed E-state index contributed by atoms with van der Waals surface area (Å²) in [5, 5.41) is 1.22. The van der Waals surface area contributed by atoms with Gasteiger partial charge in [-0.05, 0) is 25.8 Å². The van der Waals surface area contributed by atoms with Crippen LogP contribution in [0.15, 0.2) is 24.4 Å². The van der Waals surface area contributed by atoms with Gasteiger partial charge in [0.15, 0.2) is 0 Å². The van der Waals surface area contributed by atoms with E-state index in [1.54, 1.807) is 0 Å². The number of hydrogen-bond donors (Lipinski definition) is 0. The van der Waals surface area contributed by atoms with E-state index in [4.69, 9.17) is 0 Å². The Morgan fingerprint density at radius 3 is 2.38 bits per heavy atom. The predicted molar refractivity (Wildman–Crippen MR) is 70.2 cm³/mol. The second-order valence-electron chi connectivity index (χ2n) is 4.25. The molecule has 0 aliphatic rings. The average Bonchev–Trinajstić information content (AvgIpc) is 2.64. The molecule has 0 atom stereocenters. The molecular formula is C14H17NS. The van der Waals surface area contributed by atoms with Crippen LogP contribution in [0, 0.1) is 13.8 Å². The first kappa shape index (κ1) is 11.3. The van der Waals surface area contributed by atoms with Gasteiger partial charge < -0.3 is 0 Å². The Bertz CT molecular complexity index is 465. The van der Waals surface area contributed by atoms with Crippen LogP contribution in [0.1, 0.15) is 33.5 Å². The molecule has 0 aliphatic heterocycles. The number of hydrogen-bond acceptors (Lipinski definition) is 2. The second-order valence-corrected chi connectivity index (χ2v) is 5.45. The van der Waals surface area contributed by atoms with Crippen LogP contribution in [0.2, 0.25) is 0 Å². The van der Waals surface area contributed by atoms with Gasteiger partial charge in [0.25, 0.3) is 0 Å². The third kappa shape index (κ3) is 2.70. The topological polar surface area (TPSA) is 12.9 Å². The maximum atomic E-state index is 4.46. The number of benzene rings is 1. The summed E-state index contributed by atoms with van der Waals surface area (Å²) in [6.07, 6.45) is 4.06. The Labute approximate surface area is 101 Å². The number of aromatic nitrogens is 1. The number of thiazole rings is 1. The highest BCUT2D eigenvalue weighted by Crippen LogP contribution is 2.18. The third-order valence-corrected chi connectivity index (χ3v) is 3.73. The third-order valence-electron chi connectivity index (χ3n) is 2.59. The smallest absolute Gasteiger partial charge is 0.0971 e. The van der Waals surface area contributed by atoms with Gasteiger partial charge in [0, 0.05) is 17.5 Å². The van der Waals surface area contributed by atoms with Gasteiger partial charge in [-0.3, -0.25) is 0 Å². The fourth-order valence-corrected chi connectivity index (χ4v) is 2.84. The van der Waals surface area contributed by atoms with E-state index >= 15 is 0 Å². The summed E-state index contributed by atoms with van der Waals surface area (Å²) in [5.74, 6) is 0. The summed E-state index contributed by atoms with van der Waals surface area (Å²) in [4.78, 5) is 5.83. The van der Waals surface area contributed by atoms with E-state index in [0.29, 0.717) is 0 Å². The SMILES string of the molecule is CCc1cnc(Cc2cc(C)cc(C)c2)s1. The number of rotatable bonds is 3. The van der Waals surface area contributed by atoms with Crippen molar-refractivity contribution in [3.63, 3.8) is 0 Å². The molecule has 0 fully saturated rings. The van der Waals surface area contributed by atoms with Crippen molar-refractivity contribution in [2.24, 2.45) is 0 Å². The Balaban J connectivity index is 2.19. The summed E-state index contributed by atoms with van der Waals surface area (Å²) in [5.41, 5.74) is 4.04. The molecule has 0 spiro atoms. The molecule has 84 valence electrons. The Kier molecular flexibility index (Phi) is 3.39. The Hall–Kier alpha value is -1.15. The number of aryl methyl sites for hydroxylation is 3. The van der Waals surface area contributed by atoms with Gasteiger partial charge in [-0.25, -0.2) is 4.98 Å². The maximum Gasteiger partial charge on any atom is 0.0971 e. The molecule has 1 aromatic heterocycles. The Morgan fingerprint density at radius 2 is 1.81 bits per heavy atom. The van der Waals surface area contributed by atoms with Gasteiger partial charge in [-0.2, -0.15) is 0 Å². The normalized spacial score (nSPS) is 10.7. The standard InChI is InChI=1S/C14H17NS/c1-4-13-9-15-14(16-13)8-12-6-10(2)5-11(3)7-12/h5-7,9H,4,8H2,1-3H3. The first-order valence-electron chi connectivity index (χ1n) is 5.68. The summed E-state index contributed by atoms with van der Waals surface area (Å²) < 4.78 is 0. The fraction of sp³-hybridized carbons (Fsp3) is 0.357. The molecule has 0 aliphatic carbocycles. The van der Waals surface area contributed by atoms with E-state index in [1.807, 2.05) is 17.5 Å². The molecule has 0 unspecified atom stereocenters. The van der Waals surface area contributed by atoms with E-state index in [9.17, 15) is 0 Å². The zero-order chi connectivity index (χ0) is 11.5. The predicted octanol–water partition coefficient (Wildman–Crippen LogP) is 3.91. The van der Waals surface area contributed by atoms with Crippen LogP contribution in [0.5, 0.6) is 0 Å². The van der Waals surface area contributed by atoms with Crippen LogP contribution in [0.4, 0.5) is 0 Å². The maximum absolute atomic E-state index is 4.46. The van der Waals surface area contributed by atoms with E-state index in [0.717, 1.165) is 12.8 Å². The zero-order valence-electron chi connectivity index (χ0n) is 10.1. The number of nitrogens with zero attached hydrogens (tertiary/aromatic N) is 1. The quantitative estimate of drug-likeness (QED) is 0.780. The van der Waals surface area contributed by atoms with Gasteiger partial charge in [0.05, 0.1) is 5.01 Å². The largest absolute Gasteiger partial charge is 0.249 e. The molecule has 2 aromatic rings. The molecule has 1 aromatic carbocycles. The first-order valence-corrected chi connectivity index (χ1v) is 6.50. The average molecular weight is 231 g/mol. The highest BCUT2D eigenvalue weighted by Gasteiger charge is 2.03. The highest BCUT2D eigenvalue weighted by molar-refractivity contribution is 7.11. The molecule has 0 amide bonds. The summed E-state index contributed by atoms with van der Waals surface area (Å²) in [6, 6.07) is 6.71. The lowest BCUT2D eigenvalue weighted by Crippen LogP contribution is -1.89. The minimum absolute atomic E-state index is 0.965. The molecule has 2 rings (SSSR count). The van der Waals surface area contributed by atoms with Crippen molar-refractivity contribution in [1.82, 2.24) is 4.98 Å². The Morgan fingerprint density at radius 1 is 1.12 bits per heavy atom. The molecule has 0 saturated heterocycles. The van der Waals surface area contributed by atoms with Crippen molar-refractivity contribution in [1.29, 1.82) is 0 Å². The van der Waals surface area contributed by atoms with Crippen molar-refractivity contribution >= 4 is 11.3 Å². The van der Waals surface area contributed by atoms with E-state index in [-0.39, 0.29) is 0 Å². The van der Waals surface area contributed by atoms with Crippen molar-refractivity contribution < 1.29 is 0 Å². The van der Waals surface area contributed by atoms with Crippen molar-refractivity contribution in [2.45, 2.75) is 33.6 Å². The lowest BCUT2D eigenvalue weighted by molar-refractivity contribution is 1.11. The van der Waals surface area contributed by atoms with Gasteiger partial charge in [0.2, 0.25) is 0 Å². The molecule has 1 heterocycles. The summed E-state index contributed by atoms with van der Waals surface area (Å²) in [6.45, 7) is 6.47. The molecule has 1 nitrogen and oxygen atoms in total. The van der Waals surface area contributed by atoms with Crippen LogP contribution in [-0.2, 0) is 12.8 Å². The molecular weight excluding hydrogens is 214 g/mol. The van der Waals surface area contributed by atoms with Crippen LogP contribution in [-0.4, -0.2) is 4.98 Å². The lowest BCUT2D eigenvalue weighted by atomic mass is 10.1. The molecule has 0 N–H and O–H groups in total. The van der Waals surface area contributed by atoms with E-state index in [2.05, 4.69) is 44.0 Å².